The van der Waals surface area contributed by atoms with E-state index in [0.717, 1.165) is 24.1 Å². The molecular weight excluding hydrogens is 561 g/mol. The number of amides is 4. The van der Waals surface area contributed by atoms with Crippen LogP contribution in [-0.4, -0.2) is 47.2 Å². The van der Waals surface area contributed by atoms with Crippen LogP contribution in [0.25, 0.3) is 0 Å². The monoisotopic (exact) mass is 596 g/mol. The van der Waals surface area contributed by atoms with Crippen molar-refractivity contribution in [3.8, 4) is 0 Å². The van der Waals surface area contributed by atoms with Crippen LogP contribution in [0.15, 0.2) is 48.5 Å². The summed E-state index contributed by atoms with van der Waals surface area (Å²) in [5.41, 5.74) is 6.82. The van der Waals surface area contributed by atoms with Crippen LogP contribution in [0.3, 0.4) is 0 Å². The first-order valence-corrected chi connectivity index (χ1v) is 14.2. The molecule has 0 radical (unpaired) electrons. The smallest absolute Gasteiger partial charge is 0.368 e. The van der Waals surface area contributed by atoms with Crippen molar-refractivity contribution in [3.63, 3.8) is 0 Å². The number of carbonyl (C=O) groups is 4. The fourth-order valence-corrected chi connectivity index (χ4v) is 4.26. The first-order valence-electron chi connectivity index (χ1n) is 13.0. The number of carbonyl (C=O) groups excluding carboxylic acids is 4. The van der Waals surface area contributed by atoms with Gasteiger partial charge in [0.2, 0.25) is 17.7 Å². The third-order valence-corrected chi connectivity index (χ3v) is 6.56. The minimum absolute atomic E-state index is 0.106. The summed E-state index contributed by atoms with van der Waals surface area (Å²) in [4.78, 5) is 57.6. The molecule has 41 heavy (non-hydrogen) atoms. The Kier molecular flexibility index (Phi) is 13.0. The molecule has 0 aromatic heterocycles. The van der Waals surface area contributed by atoms with Crippen LogP contribution in [-0.2, 0) is 42.4 Å². The number of halogens is 2. The van der Waals surface area contributed by atoms with Gasteiger partial charge in [-0.1, -0.05) is 43.3 Å². The van der Waals surface area contributed by atoms with Crippen molar-refractivity contribution in [1.82, 2.24) is 16.0 Å². The van der Waals surface area contributed by atoms with Crippen LogP contribution in [0.5, 0.6) is 0 Å². The topological polar surface area (TPSA) is 177 Å². The second kappa shape index (κ2) is 15.9. The molecule has 224 valence electrons. The Morgan fingerprint density at radius 3 is 2.12 bits per heavy atom. The number of alkyl halides is 2. The van der Waals surface area contributed by atoms with E-state index in [1.807, 2.05) is 19.1 Å². The van der Waals surface area contributed by atoms with Crippen molar-refractivity contribution >= 4 is 31.9 Å². The lowest BCUT2D eigenvalue weighted by Gasteiger charge is -2.22. The highest BCUT2D eigenvalue weighted by Gasteiger charge is 2.35. The molecule has 0 aliphatic heterocycles. The number of nitrogens with two attached hydrogens (primary N) is 1. The van der Waals surface area contributed by atoms with Gasteiger partial charge in [-0.3, -0.25) is 23.7 Å². The van der Waals surface area contributed by atoms with E-state index in [0.29, 0.717) is 30.5 Å². The van der Waals surface area contributed by atoms with Gasteiger partial charge in [0.1, 0.15) is 12.1 Å². The number of primary amides is 1. The van der Waals surface area contributed by atoms with E-state index < -0.39 is 49.7 Å². The number of rotatable bonds is 16. The first-order chi connectivity index (χ1) is 19.3. The van der Waals surface area contributed by atoms with Crippen molar-refractivity contribution in [1.29, 1.82) is 0 Å². The second-order valence-corrected chi connectivity index (χ2v) is 10.0. The molecule has 2 rings (SSSR count). The van der Waals surface area contributed by atoms with Crippen LogP contribution < -0.4 is 21.7 Å². The second-order valence-electron chi connectivity index (χ2n) is 9.30. The predicted molar refractivity (Wildman–Crippen MR) is 147 cm³/mol. The number of hydrogen-bond acceptors (Lipinski definition) is 6. The zero-order chi connectivity index (χ0) is 30.6. The zero-order valence-electron chi connectivity index (χ0n) is 22.7. The van der Waals surface area contributed by atoms with E-state index in [4.69, 9.17) is 10.6 Å². The molecule has 0 aliphatic carbocycles. The molecule has 0 spiro atoms. The third kappa shape index (κ3) is 11.4. The van der Waals surface area contributed by atoms with E-state index in [9.17, 15) is 32.5 Å². The first kappa shape index (κ1) is 33.5. The molecule has 0 saturated carbocycles. The maximum absolute atomic E-state index is 13.9. The largest absolute Gasteiger partial charge is 0.389 e. The molecule has 2 aromatic rings. The summed E-state index contributed by atoms with van der Waals surface area (Å²) in [5, 5.41) is 7.78. The van der Waals surface area contributed by atoms with Crippen molar-refractivity contribution in [2.45, 2.75) is 64.1 Å². The van der Waals surface area contributed by atoms with Gasteiger partial charge in [-0.2, -0.15) is 8.78 Å². The highest BCUT2D eigenvalue weighted by atomic mass is 31.1. The molecule has 4 amide bonds. The lowest BCUT2D eigenvalue weighted by molar-refractivity contribution is -0.185. The molecule has 3 atom stereocenters. The van der Waals surface area contributed by atoms with Crippen molar-refractivity contribution in [2.75, 3.05) is 6.54 Å². The third-order valence-electron chi connectivity index (χ3n) is 6.13. The summed E-state index contributed by atoms with van der Waals surface area (Å²) in [6, 6.07) is 9.51. The number of nitrogens with one attached hydrogen (secondary N) is 3. The van der Waals surface area contributed by atoms with Crippen LogP contribution in [0.4, 0.5) is 8.78 Å². The van der Waals surface area contributed by atoms with Crippen molar-refractivity contribution < 1.29 is 41.9 Å². The lowest BCUT2D eigenvalue weighted by atomic mass is 10.0. The molecule has 0 saturated heterocycles. The maximum Gasteiger partial charge on any atom is 0.389 e. The minimum atomic E-state index is -3.99. The molecule has 14 heteroatoms. The summed E-state index contributed by atoms with van der Waals surface area (Å²) in [6.45, 7) is 3.56. The highest BCUT2D eigenvalue weighted by Crippen LogP contribution is 2.37. The Morgan fingerprint density at radius 2 is 1.59 bits per heavy atom. The number of unbranched alkanes of at least 4 members (excludes halogenated alkanes) is 1. The number of aryl methyl sites for hydroxylation is 1. The fraction of sp³-hybridized carbons (Fsp3) is 0.407. The standard InChI is InChI=1S/C27H35F2N4O7P/c1-3-18-7-11-20(12-8-18)25(36)31-15-5-4-6-22(24(30)35)33-26(37)23(32-17(2)34)16-19-9-13-21(14-10-19)27(28,29)40-41(38)39/h7-14,22-23,41H,3-6,15-16H2,1-2H3,(H2,30,35)(H,31,36)(H,32,34)(H,33,37)(H,38,39). The highest BCUT2D eigenvalue weighted by molar-refractivity contribution is 7.32. The van der Waals surface area contributed by atoms with Gasteiger partial charge in [-0.25, -0.2) is 4.52 Å². The molecule has 0 bridgehead atoms. The van der Waals surface area contributed by atoms with Crippen molar-refractivity contribution in [3.05, 3.63) is 70.8 Å². The minimum Gasteiger partial charge on any atom is -0.368 e. The Bertz CT molecular complexity index is 1230. The molecule has 0 fully saturated rings. The van der Waals surface area contributed by atoms with E-state index >= 15 is 0 Å². The number of benzene rings is 2. The molecule has 2 aromatic carbocycles. The Labute approximate surface area is 237 Å². The summed E-state index contributed by atoms with van der Waals surface area (Å²) in [5.74, 6) is -2.25. The van der Waals surface area contributed by atoms with Gasteiger partial charge >= 0.3 is 14.4 Å². The van der Waals surface area contributed by atoms with Gasteiger partial charge in [0.05, 0.1) is 5.56 Å². The van der Waals surface area contributed by atoms with Gasteiger partial charge in [-0.05, 0) is 48.9 Å². The summed E-state index contributed by atoms with van der Waals surface area (Å²) < 4.78 is 42.2. The van der Waals surface area contributed by atoms with Crippen LogP contribution >= 0.6 is 8.25 Å². The molecule has 11 nitrogen and oxygen atoms in total. The zero-order valence-corrected chi connectivity index (χ0v) is 23.7. The quantitative estimate of drug-likeness (QED) is 0.146. The van der Waals surface area contributed by atoms with Crippen LogP contribution in [0, 0.1) is 0 Å². The maximum atomic E-state index is 13.9. The molecule has 0 heterocycles. The molecular formula is C27H35F2N4O7P. The lowest BCUT2D eigenvalue weighted by Crippen LogP contribution is -2.53. The predicted octanol–water partition coefficient (Wildman–Crippen LogP) is 2.31. The summed E-state index contributed by atoms with van der Waals surface area (Å²) in [6.07, 6.45) is -2.08. The van der Waals surface area contributed by atoms with Gasteiger partial charge in [0, 0.05) is 25.5 Å². The Balaban J connectivity index is 1.92. The van der Waals surface area contributed by atoms with Gasteiger partial charge in [0.25, 0.3) is 5.91 Å². The van der Waals surface area contributed by atoms with E-state index in [2.05, 4.69) is 20.5 Å². The normalized spacial score (nSPS) is 13.5. The van der Waals surface area contributed by atoms with Gasteiger partial charge in [-0.15, -0.1) is 0 Å². The number of hydrogen-bond donors (Lipinski definition) is 5. The van der Waals surface area contributed by atoms with Crippen LogP contribution in [0.2, 0.25) is 0 Å². The van der Waals surface area contributed by atoms with Crippen LogP contribution in [0.1, 0.15) is 60.2 Å². The average Bonchev–Trinajstić information content (AvgIpc) is 2.91. The Morgan fingerprint density at radius 1 is 0.976 bits per heavy atom. The summed E-state index contributed by atoms with van der Waals surface area (Å²) >= 11 is 0. The molecule has 3 unspecified atom stereocenters. The van der Waals surface area contributed by atoms with E-state index in [1.165, 1.54) is 19.1 Å². The summed E-state index contributed by atoms with van der Waals surface area (Å²) in [7, 11) is -3.89. The fourth-order valence-electron chi connectivity index (χ4n) is 3.92. The van der Waals surface area contributed by atoms with Gasteiger partial charge < -0.3 is 26.6 Å². The van der Waals surface area contributed by atoms with Crippen molar-refractivity contribution in [2.24, 2.45) is 5.73 Å². The van der Waals surface area contributed by atoms with E-state index in [1.54, 1.807) is 12.1 Å². The molecule has 0 aliphatic rings. The Hall–Kier alpha value is -3.67. The SMILES string of the molecule is CCc1ccc(C(=O)NCCCCC(NC(=O)C(Cc2ccc(C(F)(F)O[PH](=O)O)cc2)NC(C)=O)C(N)=O)cc1. The average molecular weight is 597 g/mol. The van der Waals surface area contributed by atoms with E-state index in [-0.39, 0.29) is 18.7 Å². The molecule has 6 N–H and O–H groups in total. The van der Waals surface area contributed by atoms with Gasteiger partial charge in [0.15, 0.2) is 0 Å².